The van der Waals surface area contributed by atoms with Crippen molar-refractivity contribution in [3.8, 4) is 0 Å². The van der Waals surface area contributed by atoms with Crippen LogP contribution in [-0.4, -0.2) is 47.6 Å². The normalized spacial score (nSPS) is 15.5. The van der Waals surface area contributed by atoms with E-state index in [4.69, 9.17) is 4.98 Å². The summed E-state index contributed by atoms with van der Waals surface area (Å²) in [5.74, 6) is 1.71. The van der Waals surface area contributed by atoms with Gasteiger partial charge in [0.05, 0.1) is 0 Å². The van der Waals surface area contributed by atoms with Crippen molar-refractivity contribution < 1.29 is 0 Å². The summed E-state index contributed by atoms with van der Waals surface area (Å²) in [6.45, 7) is 11.7. The summed E-state index contributed by atoms with van der Waals surface area (Å²) in [7, 11) is 0. The van der Waals surface area contributed by atoms with Gasteiger partial charge in [-0.1, -0.05) is 32.0 Å². The predicted octanol–water partition coefficient (Wildman–Crippen LogP) is 3.23. The molecule has 0 atom stereocenters. The maximum absolute atomic E-state index is 4.76. The zero-order valence-corrected chi connectivity index (χ0v) is 14.9. The molecule has 24 heavy (non-hydrogen) atoms. The molecule has 2 aromatic rings. The van der Waals surface area contributed by atoms with E-state index >= 15 is 0 Å². The van der Waals surface area contributed by atoms with Crippen LogP contribution in [-0.2, 0) is 6.42 Å². The molecular formula is C19H27N5. The van der Waals surface area contributed by atoms with Gasteiger partial charge >= 0.3 is 0 Å². The van der Waals surface area contributed by atoms with Crippen LogP contribution in [0.4, 0.5) is 17.5 Å². The quantitative estimate of drug-likeness (QED) is 0.914. The zero-order valence-electron chi connectivity index (χ0n) is 14.9. The molecule has 1 fully saturated rings. The molecule has 3 rings (SSSR count). The van der Waals surface area contributed by atoms with Crippen LogP contribution in [0.2, 0.25) is 0 Å². The summed E-state index contributed by atoms with van der Waals surface area (Å²) in [5, 5.41) is 3.48. The lowest BCUT2D eigenvalue weighted by atomic mass is 10.1. The van der Waals surface area contributed by atoms with Gasteiger partial charge in [-0.25, -0.2) is 4.98 Å². The number of benzene rings is 1. The fourth-order valence-corrected chi connectivity index (χ4v) is 3.11. The first-order valence-corrected chi connectivity index (χ1v) is 8.87. The number of nitrogens with zero attached hydrogens (tertiary/aromatic N) is 4. The summed E-state index contributed by atoms with van der Waals surface area (Å²) in [6, 6.07) is 10.4. The van der Waals surface area contributed by atoms with Gasteiger partial charge in [0.25, 0.3) is 0 Å². The number of nitrogens with one attached hydrogen (secondary N) is 1. The molecule has 5 heteroatoms. The Hall–Kier alpha value is -2.14. The standard InChI is InChI=1S/C19H27N5/c1-4-16-8-6-7-9-17(16)21-18-14-15(3)20-19(22-18)24-12-10-23(5-2)11-13-24/h6-9,14H,4-5,10-13H2,1-3H3,(H,20,21,22). The molecule has 0 bridgehead atoms. The minimum absolute atomic E-state index is 0.835. The third-order valence-electron chi connectivity index (χ3n) is 4.61. The Morgan fingerprint density at radius 2 is 1.79 bits per heavy atom. The van der Waals surface area contributed by atoms with Crippen molar-refractivity contribution >= 4 is 17.5 Å². The Bertz CT molecular complexity index is 677. The van der Waals surface area contributed by atoms with E-state index in [-0.39, 0.29) is 0 Å². The van der Waals surface area contributed by atoms with Crippen molar-refractivity contribution in [2.24, 2.45) is 0 Å². The Labute approximate surface area is 144 Å². The molecule has 5 nitrogen and oxygen atoms in total. The fraction of sp³-hybridized carbons (Fsp3) is 0.474. The number of para-hydroxylation sites is 1. The fourth-order valence-electron chi connectivity index (χ4n) is 3.11. The van der Waals surface area contributed by atoms with Crippen molar-refractivity contribution in [2.45, 2.75) is 27.2 Å². The molecule has 128 valence electrons. The van der Waals surface area contributed by atoms with E-state index in [0.29, 0.717) is 0 Å². The van der Waals surface area contributed by atoms with E-state index in [1.54, 1.807) is 0 Å². The smallest absolute Gasteiger partial charge is 0.227 e. The van der Waals surface area contributed by atoms with E-state index in [0.717, 1.165) is 62.3 Å². The third-order valence-corrected chi connectivity index (χ3v) is 4.61. The van der Waals surface area contributed by atoms with Gasteiger partial charge in [0.1, 0.15) is 5.82 Å². The molecule has 1 aliphatic heterocycles. The van der Waals surface area contributed by atoms with E-state index < -0.39 is 0 Å². The van der Waals surface area contributed by atoms with Crippen molar-refractivity contribution in [3.05, 3.63) is 41.6 Å². The van der Waals surface area contributed by atoms with Crippen molar-refractivity contribution in [3.63, 3.8) is 0 Å². The highest BCUT2D eigenvalue weighted by Gasteiger charge is 2.18. The van der Waals surface area contributed by atoms with Crippen LogP contribution in [0.25, 0.3) is 0 Å². The summed E-state index contributed by atoms with van der Waals surface area (Å²) in [6.07, 6.45) is 0.999. The average Bonchev–Trinajstić information content (AvgIpc) is 2.62. The number of rotatable bonds is 5. The van der Waals surface area contributed by atoms with Gasteiger partial charge in [0.15, 0.2) is 0 Å². The molecule has 1 aromatic heterocycles. The Morgan fingerprint density at radius 3 is 2.50 bits per heavy atom. The monoisotopic (exact) mass is 325 g/mol. The number of anilines is 3. The minimum atomic E-state index is 0.835. The zero-order chi connectivity index (χ0) is 16.9. The molecule has 0 spiro atoms. The van der Waals surface area contributed by atoms with Crippen LogP contribution in [0.5, 0.6) is 0 Å². The lowest BCUT2D eigenvalue weighted by molar-refractivity contribution is 0.270. The van der Waals surface area contributed by atoms with Crippen LogP contribution < -0.4 is 10.2 Å². The van der Waals surface area contributed by atoms with Gasteiger partial charge in [-0.2, -0.15) is 4.98 Å². The van der Waals surface area contributed by atoms with Crippen molar-refractivity contribution in [1.82, 2.24) is 14.9 Å². The van der Waals surface area contributed by atoms with E-state index in [1.807, 2.05) is 13.0 Å². The molecular weight excluding hydrogens is 298 g/mol. The number of hydrogen-bond acceptors (Lipinski definition) is 5. The maximum Gasteiger partial charge on any atom is 0.227 e. The van der Waals surface area contributed by atoms with Crippen molar-refractivity contribution in [1.29, 1.82) is 0 Å². The first kappa shape index (κ1) is 16.7. The SMILES string of the molecule is CCc1ccccc1Nc1cc(C)nc(N2CCN(CC)CC2)n1. The lowest BCUT2D eigenvalue weighted by Gasteiger charge is -2.34. The second-order valence-corrected chi connectivity index (χ2v) is 6.25. The van der Waals surface area contributed by atoms with Crippen LogP contribution in [0, 0.1) is 6.92 Å². The summed E-state index contributed by atoms with van der Waals surface area (Å²) in [5.41, 5.74) is 3.42. The lowest BCUT2D eigenvalue weighted by Crippen LogP contribution is -2.46. The molecule has 0 unspecified atom stereocenters. The largest absolute Gasteiger partial charge is 0.340 e. The number of piperazine rings is 1. The highest BCUT2D eigenvalue weighted by atomic mass is 15.3. The van der Waals surface area contributed by atoms with Crippen LogP contribution in [0.15, 0.2) is 30.3 Å². The molecule has 1 saturated heterocycles. The van der Waals surface area contributed by atoms with E-state index in [9.17, 15) is 0 Å². The first-order chi connectivity index (χ1) is 11.7. The van der Waals surface area contributed by atoms with Gasteiger partial charge in [0.2, 0.25) is 5.95 Å². The van der Waals surface area contributed by atoms with Gasteiger partial charge in [0, 0.05) is 43.6 Å². The van der Waals surface area contributed by atoms with Crippen LogP contribution in [0.1, 0.15) is 25.1 Å². The van der Waals surface area contributed by atoms with E-state index in [1.165, 1.54) is 5.56 Å². The van der Waals surface area contributed by atoms with Gasteiger partial charge < -0.3 is 15.1 Å². The second kappa shape index (κ2) is 7.62. The third kappa shape index (κ3) is 3.85. The number of aryl methyl sites for hydroxylation is 2. The molecule has 1 aliphatic rings. The Morgan fingerprint density at radius 1 is 1.04 bits per heavy atom. The van der Waals surface area contributed by atoms with Crippen LogP contribution >= 0.6 is 0 Å². The van der Waals surface area contributed by atoms with Gasteiger partial charge in [-0.05, 0) is 31.5 Å². The average molecular weight is 325 g/mol. The minimum Gasteiger partial charge on any atom is -0.340 e. The summed E-state index contributed by atoms with van der Waals surface area (Å²) < 4.78 is 0. The van der Waals surface area contributed by atoms with Gasteiger partial charge in [-0.15, -0.1) is 0 Å². The first-order valence-electron chi connectivity index (χ1n) is 8.87. The van der Waals surface area contributed by atoms with E-state index in [2.05, 4.69) is 58.2 Å². The van der Waals surface area contributed by atoms with Gasteiger partial charge in [-0.3, -0.25) is 0 Å². The maximum atomic E-state index is 4.76. The Kier molecular flexibility index (Phi) is 5.30. The number of likely N-dealkylation sites (N-methyl/N-ethyl adjacent to an activating group) is 1. The highest BCUT2D eigenvalue weighted by molar-refractivity contribution is 5.61. The molecule has 0 saturated carbocycles. The number of hydrogen-bond donors (Lipinski definition) is 1. The molecule has 0 radical (unpaired) electrons. The number of aromatic nitrogens is 2. The van der Waals surface area contributed by atoms with Crippen LogP contribution in [0.3, 0.4) is 0 Å². The molecule has 0 amide bonds. The second-order valence-electron chi connectivity index (χ2n) is 6.25. The topological polar surface area (TPSA) is 44.3 Å². The van der Waals surface area contributed by atoms with Crippen molar-refractivity contribution in [2.75, 3.05) is 42.9 Å². The molecule has 0 aliphatic carbocycles. The Balaban J connectivity index is 1.79. The predicted molar refractivity (Wildman–Crippen MR) is 100 cm³/mol. The highest BCUT2D eigenvalue weighted by Crippen LogP contribution is 2.22. The summed E-state index contributed by atoms with van der Waals surface area (Å²) in [4.78, 5) is 14.2. The molecule has 1 N–H and O–H groups in total. The molecule has 2 heterocycles. The summed E-state index contributed by atoms with van der Waals surface area (Å²) >= 11 is 0. The molecule has 1 aromatic carbocycles.